The van der Waals surface area contributed by atoms with E-state index in [0.29, 0.717) is 19.3 Å². The molecule has 4 aromatic rings. The van der Waals surface area contributed by atoms with Gasteiger partial charge in [-0.2, -0.15) is 5.10 Å². The Bertz CT molecular complexity index is 1300. The van der Waals surface area contributed by atoms with E-state index in [1.165, 1.54) is 21.9 Å². The Hall–Kier alpha value is -3.73. The van der Waals surface area contributed by atoms with Gasteiger partial charge in [-0.1, -0.05) is 84.9 Å². The first-order valence-corrected chi connectivity index (χ1v) is 11.6. The highest BCUT2D eigenvalue weighted by Gasteiger charge is 2.30. The third-order valence-corrected chi connectivity index (χ3v) is 6.32. The number of aromatic amines is 1. The van der Waals surface area contributed by atoms with Crippen LogP contribution in [-0.2, 0) is 22.5 Å². The normalized spacial score (nSPS) is 16.6. The fourth-order valence-electron chi connectivity index (χ4n) is 4.72. The summed E-state index contributed by atoms with van der Waals surface area (Å²) < 4.78 is 0. The summed E-state index contributed by atoms with van der Waals surface area (Å²) in [6.45, 7) is 1.96. The van der Waals surface area contributed by atoms with Gasteiger partial charge in [-0.05, 0) is 40.7 Å². The van der Waals surface area contributed by atoms with Crippen LogP contribution in [0.2, 0.25) is 0 Å². The minimum Gasteiger partial charge on any atom is -0.318 e. The number of oxime groups is 1. The fraction of sp³-hybridized carbons (Fsp3) is 0.250. The van der Waals surface area contributed by atoms with Crippen LogP contribution in [0, 0.1) is 0 Å². The molecule has 0 saturated heterocycles. The summed E-state index contributed by atoms with van der Waals surface area (Å²) in [5.74, 6) is -0.0411. The van der Waals surface area contributed by atoms with Crippen LogP contribution in [0.15, 0.2) is 78.0 Å². The molecular weight excluding hydrogens is 410 g/mol. The Morgan fingerprint density at radius 1 is 1.03 bits per heavy atom. The van der Waals surface area contributed by atoms with Gasteiger partial charge < -0.3 is 4.84 Å². The molecule has 0 amide bonds. The summed E-state index contributed by atoms with van der Waals surface area (Å²) >= 11 is 0. The molecule has 5 rings (SSSR count). The SMILES string of the molecule is CCCC(=O)ON=C1CC(c2ccccc2)Cc2[nH]nc(Cc3cccc4ccccc34)c21. The second kappa shape index (κ2) is 9.41. The number of H-pyrrole nitrogens is 1. The van der Waals surface area contributed by atoms with E-state index in [4.69, 9.17) is 9.94 Å². The molecule has 1 heterocycles. The zero-order valence-electron chi connectivity index (χ0n) is 18.8. The van der Waals surface area contributed by atoms with Crippen molar-refractivity contribution in [1.29, 1.82) is 0 Å². The van der Waals surface area contributed by atoms with Gasteiger partial charge in [0.15, 0.2) is 0 Å². The largest absolute Gasteiger partial charge is 0.335 e. The Balaban J connectivity index is 1.52. The smallest absolute Gasteiger partial charge is 0.318 e. The molecule has 1 unspecified atom stereocenters. The topological polar surface area (TPSA) is 67.3 Å². The quantitative estimate of drug-likeness (QED) is 0.300. The summed E-state index contributed by atoms with van der Waals surface area (Å²) in [4.78, 5) is 17.4. The summed E-state index contributed by atoms with van der Waals surface area (Å²) in [7, 11) is 0. The molecule has 1 aliphatic rings. The molecule has 0 radical (unpaired) electrons. The molecule has 5 heteroatoms. The van der Waals surface area contributed by atoms with Crippen molar-refractivity contribution >= 4 is 22.5 Å². The van der Waals surface area contributed by atoms with Crippen molar-refractivity contribution in [1.82, 2.24) is 10.2 Å². The number of rotatable bonds is 6. The van der Waals surface area contributed by atoms with E-state index in [9.17, 15) is 4.79 Å². The van der Waals surface area contributed by atoms with Crippen molar-refractivity contribution in [3.63, 3.8) is 0 Å². The Kier molecular flexibility index (Phi) is 6.03. The lowest BCUT2D eigenvalue weighted by Gasteiger charge is -2.24. The maximum absolute atomic E-state index is 12.1. The molecule has 0 spiro atoms. The highest BCUT2D eigenvalue weighted by Crippen LogP contribution is 2.35. The second-order valence-corrected chi connectivity index (χ2v) is 8.61. The molecule has 33 heavy (non-hydrogen) atoms. The van der Waals surface area contributed by atoms with Crippen molar-refractivity contribution in [3.05, 3.63) is 101 Å². The van der Waals surface area contributed by atoms with E-state index in [1.807, 2.05) is 13.0 Å². The van der Waals surface area contributed by atoms with Crippen LogP contribution in [0.3, 0.4) is 0 Å². The molecule has 1 aliphatic carbocycles. The van der Waals surface area contributed by atoms with Gasteiger partial charge in [-0.25, -0.2) is 4.79 Å². The number of aromatic nitrogens is 2. The van der Waals surface area contributed by atoms with E-state index < -0.39 is 0 Å². The molecule has 0 aliphatic heterocycles. The Labute approximate surface area is 193 Å². The monoisotopic (exact) mass is 437 g/mol. The van der Waals surface area contributed by atoms with Crippen LogP contribution in [0.4, 0.5) is 0 Å². The zero-order valence-corrected chi connectivity index (χ0v) is 18.8. The highest BCUT2D eigenvalue weighted by atomic mass is 16.7. The average molecular weight is 438 g/mol. The highest BCUT2D eigenvalue weighted by molar-refractivity contribution is 6.04. The van der Waals surface area contributed by atoms with Crippen LogP contribution in [-0.4, -0.2) is 21.9 Å². The molecular formula is C28H27N3O2. The van der Waals surface area contributed by atoms with Gasteiger partial charge in [-0.15, -0.1) is 0 Å². The number of carbonyl (C=O) groups excluding carboxylic acids is 1. The van der Waals surface area contributed by atoms with Gasteiger partial charge in [0, 0.05) is 30.5 Å². The van der Waals surface area contributed by atoms with Crippen LogP contribution >= 0.6 is 0 Å². The minimum atomic E-state index is -0.299. The van der Waals surface area contributed by atoms with Crippen LogP contribution in [0.25, 0.3) is 10.8 Å². The van der Waals surface area contributed by atoms with Gasteiger partial charge in [0.2, 0.25) is 0 Å². The molecule has 1 aromatic heterocycles. The van der Waals surface area contributed by atoms with Gasteiger partial charge in [0.25, 0.3) is 0 Å². The van der Waals surface area contributed by atoms with Crippen molar-refractivity contribution in [2.24, 2.45) is 5.16 Å². The number of carbonyl (C=O) groups is 1. The van der Waals surface area contributed by atoms with E-state index >= 15 is 0 Å². The van der Waals surface area contributed by atoms with Gasteiger partial charge in [-0.3, -0.25) is 5.10 Å². The molecule has 0 fully saturated rings. The maximum Gasteiger partial charge on any atom is 0.335 e. The lowest BCUT2D eigenvalue weighted by atomic mass is 9.80. The van der Waals surface area contributed by atoms with Crippen LogP contribution < -0.4 is 0 Å². The zero-order chi connectivity index (χ0) is 22.6. The molecule has 5 nitrogen and oxygen atoms in total. The summed E-state index contributed by atoms with van der Waals surface area (Å²) in [6.07, 6.45) is 3.34. The Morgan fingerprint density at radius 3 is 2.67 bits per heavy atom. The molecule has 166 valence electrons. The van der Waals surface area contributed by atoms with E-state index in [2.05, 4.69) is 77.0 Å². The third-order valence-electron chi connectivity index (χ3n) is 6.32. The van der Waals surface area contributed by atoms with Crippen molar-refractivity contribution in [2.45, 2.75) is 44.9 Å². The number of nitrogens with one attached hydrogen (secondary N) is 1. The van der Waals surface area contributed by atoms with E-state index in [1.54, 1.807) is 0 Å². The standard InChI is InChI=1S/C28H27N3O2/c1-2-9-27(32)33-31-26-18-22(19-10-4-3-5-11-19)17-25-28(26)24(29-30-25)16-21-14-8-13-20-12-6-7-15-23(20)21/h3-8,10-15,22H,2,9,16-18H2,1H3,(H,29,30). The first kappa shape index (κ1) is 21.1. The number of hydrogen-bond acceptors (Lipinski definition) is 4. The van der Waals surface area contributed by atoms with Gasteiger partial charge in [0.1, 0.15) is 0 Å². The summed E-state index contributed by atoms with van der Waals surface area (Å²) in [6, 6.07) is 25.2. The summed E-state index contributed by atoms with van der Waals surface area (Å²) in [5.41, 5.74) is 6.25. The maximum atomic E-state index is 12.1. The Morgan fingerprint density at radius 2 is 1.82 bits per heavy atom. The van der Waals surface area contributed by atoms with E-state index in [0.717, 1.165) is 35.5 Å². The first-order valence-electron chi connectivity index (χ1n) is 11.6. The van der Waals surface area contributed by atoms with Crippen molar-refractivity contribution in [3.8, 4) is 0 Å². The minimum absolute atomic E-state index is 0.258. The predicted octanol–water partition coefficient (Wildman–Crippen LogP) is 5.93. The molecule has 1 N–H and O–H groups in total. The fourth-order valence-corrected chi connectivity index (χ4v) is 4.72. The molecule has 1 atom stereocenters. The lowest BCUT2D eigenvalue weighted by molar-refractivity contribution is -0.143. The van der Waals surface area contributed by atoms with Crippen molar-refractivity contribution < 1.29 is 9.63 Å². The van der Waals surface area contributed by atoms with E-state index in [-0.39, 0.29) is 11.9 Å². The van der Waals surface area contributed by atoms with Crippen LogP contribution in [0.5, 0.6) is 0 Å². The first-order chi connectivity index (χ1) is 16.2. The molecule has 0 saturated carbocycles. The number of fused-ring (bicyclic) bond motifs is 2. The predicted molar refractivity (Wildman–Crippen MR) is 130 cm³/mol. The third kappa shape index (κ3) is 4.44. The van der Waals surface area contributed by atoms with Gasteiger partial charge in [0.05, 0.1) is 11.4 Å². The average Bonchev–Trinajstić information content (AvgIpc) is 3.26. The molecule has 3 aromatic carbocycles. The second-order valence-electron chi connectivity index (χ2n) is 8.61. The number of nitrogens with zero attached hydrogens (tertiary/aromatic N) is 2. The van der Waals surface area contributed by atoms with Crippen molar-refractivity contribution in [2.75, 3.05) is 0 Å². The van der Waals surface area contributed by atoms with Gasteiger partial charge >= 0.3 is 5.97 Å². The lowest BCUT2D eigenvalue weighted by Crippen LogP contribution is -2.21. The van der Waals surface area contributed by atoms with Crippen LogP contribution in [0.1, 0.15) is 60.2 Å². The molecule has 0 bridgehead atoms. The number of hydrogen-bond donors (Lipinski definition) is 1. The summed E-state index contributed by atoms with van der Waals surface area (Å²) in [5, 5.41) is 14.8. The number of benzene rings is 3.